The van der Waals surface area contributed by atoms with Crippen molar-refractivity contribution in [1.29, 1.82) is 0 Å². The maximum absolute atomic E-state index is 12.3. The van der Waals surface area contributed by atoms with E-state index in [0.717, 1.165) is 24.3 Å². The van der Waals surface area contributed by atoms with E-state index in [4.69, 9.17) is 5.73 Å². The molecular formula is C19H23N3O. The summed E-state index contributed by atoms with van der Waals surface area (Å²) in [6.45, 7) is 4.17. The monoisotopic (exact) mass is 309 g/mol. The number of carbonyl (C=O) groups is 1. The Morgan fingerprint density at radius 2 is 1.74 bits per heavy atom. The third-order valence-corrected chi connectivity index (χ3v) is 4.39. The summed E-state index contributed by atoms with van der Waals surface area (Å²) >= 11 is 0. The smallest absolute Gasteiger partial charge is 0.255 e. The first-order valence-electron chi connectivity index (χ1n) is 8.16. The summed E-state index contributed by atoms with van der Waals surface area (Å²) in [7, 11) is 0. The standard InChI is InChI=1S/C19H23N3O/c1-14-5-6-15(13-18(14)20)19(23)21-16-7-9-17(10-8-16)22-11-3-2-4-12-22/h5-10,13H,2-4,11-12,20H2,1H3,(H,21,23). The number of piperidine rings is 1. The van der Waals surface area contributed by atoms with Crippen molar-refractivity contribution in [3.63, 3.8) is 0 Å². The van der Waals surface area contributed by atoms with E-state index in [2.05, 4.69) is 22.3 Å². The number of rotatable bonds is 3. The molecule has 0 aromatic heterocycles. The van der Waals surface area contributed by atoms with Gasteiger partial charge in [0.25, 0.3) is 5.91 Å². The minimum Gasteiger partial charge on any atom is -0.398 e. The van der Waals surface area contributed by atoms with E-state index in [-0.39, 0.29) is 5.91 Å². The first-order chi connectivity index (χ1) is 11.1. The molecule has 3 rings (SSSR count). The number of amides is 1. The number of nitrogens with zero attached hydrogens (tertiary/aromatic N) is 1. The lowest BCUT2D eigenvalue weighted by Gasteiger charge is -2.28. The topological polar surface area (TPSA) is 58.4 Å². The van der Waals surface area contributed by atoms with Crippen molar-refractivity contribution >= 4 is 23.0 Å². The molecule has 1 amide bonds. The van der Waals surface area contributed by atoms with E-state index in [1.54, 1.807) is 12.1 Å². The fourth-order valence-corrected chi connectivity index (χ4v) is 2.89. The molecule has 23 heavy (non-hydrogen) atoms. The van der Waals surface area contributed by atoms with Crippen LogP contribution in [-0.2, 0) is 0 Å². The van der Waals surface area contributed by atoms with Crippen molar-refractivity contribution < 1.29 is 4.79 Å². The first-order valence-corrected chi connectivity index (χ1v) is 8.16. The lowest BCUT2D eigenvalue weighted by molar-refractivity contribution is 0.102. The van der Waals surface area contributed by atoms with E-state index < -0.39 is 0 Å². The van der Waals surface area contributed by atoms with Gasteiger partial charge in [-0.1, -0.05) is 6.07 Å². The van der Waals surface area contributed by atoms with Crippen LogP contribution in [0.2, 0.25) is 0 Å². The van der Waals surface area contributed by atoms with E-state index in [0.29, 0.717) is 11.3 Å². The molecule has 1 saturated heterocycles. The fraction of sp³-hybridized carbons (Fsp3) is 0.316. The highest BCUT2D eigenvalue weighted by molar-refractivity contribution is 6.04. The number of nitrogens with two attached hydrogens (primary N) is 1. The van der Waals surface area contributed by atoms with Crippen LogP contribution in [0.1, 0.15) is 35.2 Å². The Labute approximate surface area is 137 Å². The number of anilines is 3. The second kappa shape index (κ2) is 6.73. The van der Waals surface area contributed by atoms with Crippen LogP contribution < -0.4 is 16.0 Å². The zero-order valence-corrected chi connectivity index (χ0v) is 13.5. The van der Waals surface area contributed by atoms with Gasteiger partial charge in [0.2, 0.25) is 0 Å². The Kier molecular flexibility index (Phi) is 4.51. The first kappa shape index (κ1) is 15.4. The van der Waals surface area contributed by atoms with E-state index in [1.807, 2.05) is 25.1 Å². The van der Waals surface area contributed by atoms with Crippen molar-refractivity contribution in [2.24, 2.45) is 0 Å². The molecule has 2 aromatic carbocycles. The second-order valence-corrected chi connectivity index (χ2v) is 6.12. The van der Waals surface area contributed by atoms with Crippen LogP contribution in [0.4, 0.5) is 17.1 Å². The van der Waals surface area contributed by atoms with Crippen molar-refractivity contribution in [1.82, 2.24) is 0 Å². The van der Waals surface area contributed by atoms with Gasteiger partial charge >= 0.3 is 0 Å². The van der Waals surface area contributed by atoms with Gasteiger partial charge in [0.1, 0.15) is 0 Å². The van der Waals surface area contributed by atoms with Gasteiger partial charge in [-0.15, -0.1) is 0 Å². The molecule has 4 heteroatoms. The van der Waals surface area contributed by atoms with E-state index in [9.17, 15) is 4.79 Å². The number of nitrogen functional groups attached to an aromatic ring is 1. The highest BCUT2D eigenvalue weighted by Crippen LogP contribution is 2.22. The third kappa shape index (κ3) is 3.65. The molecule has 1 aliphatic heterocycles. The maximum Gasteiger partial charge on any atom is 0.255 e. The molecule has 1 aliphatic rings. The Bertz CT molecular complexity index is 688. The van der Waals surface area contributed by atoms with Crippen molar-refractivity contribution in [3.8, 4) is 0 Å². The maximum atomic E-state index is 12.3. The molecule has 120 valence electrons. The van der Waals surface area contributed by atoms with Crippen LogP contribution in [0.5, 0.6) is 0 Å². The van der Waals surface area contributed by atoms with Gasteiger partial charge in [0, 0.05) is 35.7 Å². The Morgan fingerprint density at radius 1 is 1.04 bits per heavy atom. The number of hydrogen-bond acceptors (Lipinski definition) is 3. The number of hydrogen-bond donors (Lipinski definition) is 2. The van der Waals surface area contributed by atoms with Crippen LogP contribution in [-0.4, -0.2) is 19.0 Å². The van der Waals surface area contributed by atoms with Gasteiger partial charge < -0.3 is 16.0 Å². The summed E-state index contributed by atoms with van der Waals surface area (Å²) in [5.74, 6) is -0.137. The zero-order chi connectivity index (χ0) is 16.2. The molecule has 0 atom stereocenters. The number of carbonyl (C=O) groups excluding carboxylic acids is 1. The summed E-state index contributed by atoms with van der Waals surface area (Å²) in [5.41, 5.74) is 10.1. The largest absolute Gasteiger partial charge is 0.398 e. The second-order valence-electron chi connectivity index (χ2n) is 6.12. The molecule has 1 heterocycles. The Balaban J connectivity index is 1.67. The summed E-state index contributed by atoms with van der Waals surface area (Å²) in [4.78, 5) is 14.7. The molecule has 0 aliphatic carbocycles. The highest BCUT2D eigenvalue weighted by atomic mass is 16.1. The lowest BCUT2D eigenvalue weighted by atomic mass is 10.1. The van der Waals surface area contributed by atoms with Gasteiger partial charge in [-0.05, 0) is 68.1 Å². The number of aryl methyl sites for hydroxylation is 1. The molecule has 0 radical (unpaired) electrons. The van der Waals surface area contributed by atoms with Gasteiger partial charge in [-0.2, -0.15) is 0 Å². The molecule has 3 N–H and O–H groups in total. The quantitative estimate of drug-likeness (QED) is 0.847. The molecular weight excluding hydrogens is 286 g/mol. The molecule has 0 bridgehead atoms. The van der Waals surface area contributed by atoms with Gasteiger partial charge in [0.05, 0.1) is 0 Å². The average molecular weight is 309 g/mol. The number of benzene rings is 2. The van der Waals surface area contributed by atoms with Gasteiger partial charge in [-0.3, -0.25) is 4.79 Å². The third-order valence-electron chi connectivity index (χ3n) is 4.39. The Morgan fingerprint density at radius 3 is 2.39 bits per heavy atom. The van der Waals surface area contributed by atoms with Crippen LogP contribution in [0.25, 0.3) is 0 Å². The van der Waals surface area contributed by atoms with Crippen LogP contribution in [0.15, 0.2) is 42.5 Å². The predicted molar refractivity (Wildman–Crippen MR) is 96.1 cm³/mol. The molecule has 1 fully saturated rings. The minimum atomic E-state index is -0.137. The van der Waals surface area contributed by atoms with Crippen LogP contribution >= 0.6 is 0 Å². The predicted octanol–water partition coefficient (Wildman–Crippen LogP) is 3.82. The van der Waals surface area contributed by atoms with Crippen molar-refractivity contribution in [2.45, 2.75) is 26.2 Å². The van der Waals surface area contributed by atoms with Crippen molar-refractivity contribution in [3.05, 3.63) is 53.6 Å². The zero-order valence-electron chi connectivity index (χ0n) is 13.5. The molecule has 0 unspecified atom stereocenters. The highest BCUT2D eigenvalue weighted by Gasteiger charge is 2.11. The summed E-state index contributed by atoms with van der Waals surface area (Å²) < 4.78 is 0. The molecule has 0 saturated carbocycles. The molecule has 4 nitrogen and oxygen atoms in total. The summed E-state index contributed by atoms with van der Waals surface area (Å²) in [5, 5.41) is 2.92. The fourth-order valence-electron chi connectivity index (χ4n) is 2.89. The summed E-state index contributed by atoms with van der Waals surface area (Å²) in [6.07, 6.45) is 3.84. The van der Waals surface area contributed by atoms with Crippen LogP contribution in [0.3, 0.4) is 0 Å². The van der Waals surface area contributed by atoms with E-state index in [1.165, 1.54) is 24.9 Å². The van der Waals surface area contributed by atoms with E-state index >= 15 is 0 Å². The molecule has 0 spiro atoms. The average Bonchev–Trinajstić information content (AvgIpc) is 2.59. The van der Waals surface area contributed by atoms with Gasteiger partial charge in [-0.25, -0.2) is 0 Å². The van der Waals surface area contributed by atoms with Crippen LogP contribution in [0, 0.1) is 6.92 Å². The molecule has 2 aromatic rings. The Hall–Kier alpha value is -2.49. The SMILES string of the molecule is Cc1ccc(C(=O)Nc2ccc(N3CCCCC3)cc2)cc1N. The summed E-state index contributed by atoms with van der Waals surface area (Å²) in [6, 6.07) is 13.4. The van der Waals surface area contributed by atoms with Gasteiger partial charge in [0.15, 0.2) is 0 Å². The normalized spacial score (nSPS) is 14.6. The minimum absolute atomic E-state index is 0.137. The number of nitrogens with one attached hydrogen (secondary N) is 1. The van der Waals surface area contributed by atoms with Crippen molar-refractivity contribution in [2.75, 3.05) is 29.0 Å². The lowest BCUT2D eigenvalue weighted by Crippen LogP contribution is -2.29.